The van der Waals surface area contributed by atoms with Crippen LogP contribution in [0.25, 0.3) is 0 Å². The Kier molecular flexibility index (Phi) is 5.01. The molecule has 0 saturated heterocycles. The van der Waals surface area contributed by atoms with Crippen LogP contribution in [0.5, 0.6) is 0 Å². The second-order valence-corrected chi connectivity index (χ2v) is 7.21. The average molecular weight is 363 g/mol. The minimum atomic E-state index is 0.0645. The summed E-state index contributed by atoms with van der Waals surface area (Å²) in [5.41, 5.74) is 3.30. The minimum absolute atomic E-state index is 0.0645. The molecule has 2 rings (SSSR count). The van der Waals surface area contributed by atoms with Crippen LogP contribution in [0.15, 0.2) is 53.0 Å². The Bertz CT molecular complexity index is 647. The molecule has 2 aromatic carbocycles. The number of benzene rings is 2. The van der Waals surface area contributed by atoms with Crippen LogP contribution in [-0.4, -0.2) is 5.11 Å². The van der Waals surface area contributed by atoms with Gasteiger partial charge in [-0.25, -0.2) is 0 Å². The molecule has 2 N–H and O–H groups in total. The summed E-state index contributed by atoms with van der Waals surface area (Å²) in [6.45, 7) is 6.58. The Morgan fingerprint density at radius 2 is 1.71 bits per heavy atom. The van der Waals surface area contributed by atoms with E-state index in [1.807, 2.05) is 30.3 Å². The zero-order chi connectivity index (χ0) is 15.5. The van der Waals surface area contributed by atoms with Crippen molar-refractivity contribution in [3.05, 3.63) is 58.6 Å². The summed E-state index contributed by atoms with van der Waals surface area (Å²) in [4.78, 5) is 0. The van der Waals surface area contributed by atoms with Crippen molar-refractivity contribution in [1.82, 2.24) is 0 Å². The van der Waals surface area contributed by atoms with E-state index in [1.54, 1.807) is 0 Å². The van der Waals surface area contributed by atoms with Gasteiger partial charge in [0.15, 0.2) is 5.11 Å². The first-order valence-corrected chi connectivity index (χ1v) is 7.99. The van der Waals surface area contributed by atoms with Gasteiger partial charge < -0.3 is 10.6 Å². The SMILES string of the molecule is CC(C)(C)c1ccccc1NC(=S)Nc1cccc(Br)c1. The molecule has 2 aromatic rings. The molecule has 0 unspecified atom stereocenters. The third-order valence-corrected chi connectivity index (χ3v) is 3.76. The first-order valence-electron chi connectivity index (χ1n) is 6.79. The molecule has 4 heteroatoms. The standard InChI is InChI=1S/C17H19BrN2S/c1-17(2,3)14-9-4-5-10-15(14)20-16(21)19-13-8-6-7-12(18)11-13/h4-11H,1-3H3,(H2,19,20,21). The zero-order valence-electron chi connectivity index (χ0n) is 12.4. The Morgan fingerprint density at radius 3 is 2.38 bits per heavy atom. The second-order valence-electron chi connectivity index (χ2n) is 5.89. The van der Waals surface area contributed by atoms with Crippen LogP contribution in [0.1, 0.15) is 26.3 Å². The van der Waals surface area contributed by atoms with Crippen molar-refractivity contribution >= 4 is 44.6 Å². The van der Waals surface area contributed by atoms with Gasteiger partial charge in [0.1, 0.15) is 0 Å². The monoisotopic (exact) mass is 362 g/mol. The van der Waals surface area contributed by atoms with E-state index in [9.17, 15) is 0 Å². The lowest BCUT2D eigenvalue weighted by Gasteiger charge is -2.23. The van der Waals surface area contributed by atoms with E-state index in [1.165, 1.54) is 5.56 Å². The highest BCUT2D eigenvalue weighted by molar-refractivity contribution is 9.10. The molecule has 0 aliphatic rings. The van der Waals surface area contributed by atoms with Crippen molar-refractivity contribution < 1.29 is 0 Å². The van der Waals surface area contributed by atoms with E-state index in [0.29, 0.717) is 5.11 Å². The maximum absolute atomic E-state index is 5.41. The van der Waals surface area contributed by atoms with Gasteiger partial charge in [0.25, 0.3) is 0 Å². The van der Waals surface area contributed by atoms with Gasteiger partial charge in [-0.2, -0.15) is 0 Å². The predicted molar refractivity (Wildman–Crippen MR) is 99.1 cm³/mol. The smallest absolute Gasteiger partial charge is 0.175 e. The summed E-state index contributed by atoms with van der Waals surface area (Å²) in [7, 11) is 0. The Balaban J connectivity index is 2.14. The Labute approximate surface area is 140 Å². The van der Waals surface area contributed by atoms with Crippen LogP contribution in [0.2, 0.25) is 0 Å². The highest BCUT2D eigenvalue weighted by Gasteiger charge is 2.17. The van der Waals surface area contributed by atoms with Crippen LogP contribution in [0.4, 0.5) is 11.4 Å². The van der Waals surface area contributed by atoms with Crippen LogP contribution in [0.3, 0.4) is 0 Å². The van der Waals surface area contributed by atoms with E-state index in [0.717, 1.165) is 15.8 Å². The molecule has 21 heavy (non-hydrogen) atoms. The van der Waals surface area contributed by atoms with Crippen LogP contribution >= 0.6 is 28.1 Å². The van der Waals surface area contributed by atoms with Gasteiger partial charge in [-0.15, -0.1) is 0 Å². The molecule has 0 aliphatic heterocycles. The molecule has 0 heterocycles. The molecule has 0 amide bonds. The van der Waals surface area contributed by atoms with Gasteiger partial charge in [0.2, 0.25) is 0 Å². The highest BCUT2D eigenvalue weighted by atomic mass is 79.9. The number of hydrogen-bond acceptors (Lipinski definition) is 1. The summed E-state index contributed by atoms with van der Waals surface area (Å²) < 4.78 is 1.02. The molecule has 0 spiro atoms. The summed E-state index contributed by atoms with van der Waals surface area (Å²) in [6.07, 6.45) is 0. The van der Waals surface area contributed by atoms with E-state index < -0.39 is 0 Å². The largest absolute Gasteiger partial charge is 0.332 e. The molecule has 0 fully saturated rings. The number of thiocarbonyl (C=S) groups is 1. The Morgan fingerprint density at radius 1 is 1.00 bits per heavy atom. The van der Waals surface area contributed by atoms with E-state index in [4.69, 9.17) is 12.2 Å². The third-order valence-electron chi connectivity index (χ3n) is 3.07. The lowest BCUT2D eigenvalue weighted by molar-refractivity contribution is 0.592. The number of nitrogens with one attached hydrogen (secondary N) is 2. The van der Waals surface area contributed by atoms with Crippen molar-refractivity contribution in [3.8, 4) is 0 Å². The Hall–Kier alpha value is -1.39. The minimum Gasteiger partial charge on any atom is -0.332 e. The molecule has 2 nitrogen and oxygen atoms in total. The van der Waals surface area contributed by atoms with Crippen LogP contribution in [-0.2, 0) is 5.41 Å². The second kappa shape index (κ2) is 6.58. The molecule has 0 aliphatic carbocycles. The average Bonchev–Trinajstić information content (AvgIpc) is 2.37. The molecule has 0 aromatic heterocycles. The maximum Gasteiger partial charge on any atom is 0.175 e. The van der Waals surface area contributed by atoms with Crippen molar-refractivity contribution in [1.29, 1.82) is 0 Å². The van der Waals surface area contributed by atoms with Crippen LogP contribution in [0, 0.1) is 0 Å². The number of halogens is 1. The number of anilines is 2. The summed E-state index contributed by atoms with van der Waals surface area (Å²) in [6, 6.07) is 16.2. The van der Waals surface area contributed by atoms with Gasteiger partial charge >= 0.3 is 0 Å². The van der Waals surface area contributed by atoms with E-state index in [-0.39, 0.29) is 5.41 Å². The fourth-order valence-electron chi connectivity index (χ4n) is 2.10. The lowest BCUT2D eigenvalue weighted by atomic mass is 9.86. The van der Waals surface area contributed by atoms with Crippen molar-refractivity contribution in [3.63, 3.8) is 0 Å². The molecular weight excluding hydrogens is 344 g/mol. The van der Waals surface area contributed by atoms with Gasteiger partial charge in [0.05, 0.1) is 0 Å². The van der Waals surface area contributed by atoms with Crippen molar-refractivity contribution in [2.75, 3.05) is 10.6 Å². The fourth-order valence-corrected chi connectivity index (χ4v) is 2.72. The third kappa shape index (κ3) is 4.55. The van der Waals surface area contributed by atoms with Gasteiger partial charge in [-0.05, 0) is 47.5 Å². The lowest BCUT2D eigenvalue weighted by Crippen LogP contribution is -2.22. The number of hydrogen-bond donors (Lipinski definition) is 2. The summed E-state index contributed by atoms with van der Waals surface area (Å²) in [5, 5.41) is 7.08. The summed E-state index contributed by atoms with van der Waals surface area (Å²) >= 11 is 8.86. The van der Waals surface area contributed by atoms with E-state index >= 15 is 0 Å². The van der Waals surface area contributed by atoms with Crippen molar-refractivity contribution in [2.45, 2.75) is 26.2 Å². The molecule has 110 valence electrons. The zero-order valence-corrected chi connectivity index (χ0v) is 14.8. The van der Waals surface area contributed by atoms with Gasteiger partial charge in [-0.1, -0.05) is 61.0 Å². The normalized spacial score (nSPS) is 11.0. The first kappa shape index (κ1) is 16.0. The molecule has 0 saturated carbocycles. The molecular formula is C17H19BrN2S. The van der Waals surface area contributed by atoms with E-state index in [2.05, 4.69) is 65.5 Å². The maximum atomic E-state index is 5.41. The molecule has 0 radical (unpaired) electrons. The van der Waals surface area contributed by atoms with Crippen molar-refractivity contribution in [2.24, 2.45) is 0 Å². The van der Waals surface area contributed by atoms with Crippen LogP contribution < -0.4 is 10.6 Å². The summed E-state index contributed by atoms with van der Waals surface area (Å²) in [5.74, 6) is 0. The number of para-hydroxylation sites is 1. The quantitative estimate of drug-likeness (QED) is 0.684. The van der Waals surface area contributed by atoms with Gasteiger partial charge in [-0.3, -0.25) is 0 Å². The fraction of sp³-hybridized carbons (Fsp3) is 0.235. The molecule has 0 bridgehead atoms. The topological polar surface area (TPSA) is 24.1 Å². The van der Waals surface area contributed by atoms with Gasteiger partial charge in [0, 0.05) is 15.8 Å². The number of rotatable bonds is 2. The predicted octanol–water partition coefficient (Wildman–Crippen LogP) is 5.56. The first-order chi connectivity index (χ1) is 9.86. The molecule has 0 atom stereocenters. The highest BCUT2D eigenvalue weighted by Crippen LogP contribution is 2.29.